The maximum absolute atomic E-state index is 14.0. The van der Waals surface area contributed by atoms with Crippen molar-refractivity contribution in [2.24, 2.45) is 17.6 Å². The van der Waals surface area contributed by atoms with Gasteiger partial charge < -0.3 is 52.7 Å². The normalized spacial score (nSPS) is 14.6. The van der Waals surface area contributed by atoms with Crippen LogP contribution in [0.1, 0.15) is 70.9 Å². The molecule has 0 unspecified atom stereocenters. The highest BCUT2D eigenvalue weighted by Gasteiger charge is 2.35. The molecule has 19 heteroatoms. The van der Waals surface area contributed by atoms with E-state index in [4.69, 9.17) is 10.8 Å². The lowest BCUT2D eigenvalue weighted by atomic mass is 9.97. The van der Waals surface area contributed by atoms with Crippen LogP contribution in [0, 0.1) is 11.8 Å². The predicted octanol–water partition coefficient (Wildman–Crippen LogP) is 1.14. The van der Waals surface area contributed by atoms with Crippen LogP contribution >= 0.6 is 11.8 Å². The molecular formula is C40H56N6O12S. The van der Waals surface area contributed by atoms with Crippen LogP contribution in [0.3, 0.4) is 0 Å². The Bertz CT molecular complexity index is 1750. The third kappa shape index (κ3) is 17.8. The number of amides is 5. The molecule has 18 nitrogen and oxygen atoms in total. The SMILES string of the molecule is CC[C@H](C)[C@H](NC(=O)[C@@H](N)Cc1ccc(O)cc1)C(=O)N[C@@H](CSCc1ccccc1)C(=O)N[C@@H](CCC(=O)O)C(=O)N[C@H](C(=O)N[C@@H](CCC(=O)O)C(=O)O)C(C)C. The molecule has 0 fully saturated rings. The maximum Gasteiger partial charge on any atom is 0.326 e. The lowest BCUT2D eigenvalue weighted by molar-refractivity contribution is -0.143. The molecule has 0 aliphatic carbocycles. The van der Waals surface area contributed by atoms with Crippen LogP contribution in [-0.2, 0) is 50.5 Å². The number of nitrogens with two attached hydrogens (primary N) is 1. The van der Waals surface area contributed by atoms with Crippen LogP contribution in [0.4, 0.5) is 0 Å². The van der Waals surface area contributed by atoms with Crippen molar-refractivity contribution in [3.8, 4) is 5.75 Å². The third-order valence-electron chi connectivity index (χ3n) is 9.34. The van der Waals surface area contributed by atoms with E-state index in [1.165, 1.54) is 23.9 Å². The number of aliphatic carboxylic acids is 3. The Morgan fingerprint density at radius 2 is 1.14 bits per heavy atom. The second kappa shape index (κ2) is 24.9. The maximum atomic E-state index is 14.0. The molecule has 0 aromatic heterocycles. The summed E-state index contributed by atoms with van der Waals surface area (Å²) in [5.41, 5.74) is 7.78. The van der Waals surface area contributed by atoms with Gasteiger partial charge in [0.15, 0.2) is 0 Å². The fourth-order valence-corrected chi connectivity index (χ4v) is 6.66. The van der Waals surface area contributed by atoms with Crippen LogP contribution < -0.4 is 32.3 Å². The molecule has 0 aliphatic heterocycles. The molecule has 0 bridgehead atoms. The quantitative estimate of drug-likeness (QED) is 0.0636. The first-order valence-corrected chi connectivity index (χ1v) is 20.3. The Hall–Kier alpha value is -5.69. The molecule has 2 rings (SSSR count). The third-order valence-corrected chi connectivity index (χ3v) is 10.4. The first-order valence-electron chi connectivity index (χ1n) is 19.2. The van der Waals surface area contributed by atoms with Crippen LogP contribution in [0.15, 0.2) is 54.6 Å². The summed E-state index contributed by atoms with van der Waals surface area (Å²) in [5, 5.41) is 50.1. The number of phenolic OH excluding ortho intramolecular Hbond substituents is 1. The Balaban J connectivity index is 2.35. The van der Waals surface area contributed by atoms with Gasteiger partial charge in [-0.25, -0.2) is 4.79 Å². The van der Waals surface area contributed by atoms with Gasteiger partial charge >= 0.3 is 17.9 Å². The van der Waals surface area contributed by atoms with Crippen LogP contribution in [-0.4, -0.2) is 110 Å². The minimum absolute atomic E-state index is 0.0226. The molecule has 324 valence electrons. The summed E-state index contributed by atoms with van der Waals surface area (Å²) in [6.07, 6.45) is -1.46. The van der Waals surface area contributed by atoms with Crippen molar-refractivity contribution < 1.29 is 58.8 Å². The number of nitrogens with one attached hydrogen (secondary N) is 5. The van der Waals surface area contributed by atoms with E-state index in [1.807, 2.05) is 37.3 Å². The van der Waals surface area contributed by atoms with E-state index in [0.29, 0.717) is 17.7 Å². The summed E-state index contributed by atoms with van der Waals surface area (Å²) in [5.74, 6) is -8.84. The molecule has 0 saturated heterocycles. The van der Waals surface area contributed by atoms with Gasteiger partial charge in [0.05, 0.1) is 6.04 Å². The summed E-state index contributed by atoms with van der Waals surface area (Å²) < 4.78 is 0. The van der Waals surface area contributed by atoms with E-state index in [1.54, 1.807) is 32.9 Å². The van der Waals surface area contributed by atoms with Gasteiger partial charge in [-0.2, -0.15) is 11.8 Å². The number of hydrogen-bond acceptors (Lipinski definition) is 11. The molecule has 59 heavy (non-hydrogen) atoms. The second-order valence-corrected chi connectivity index (χ2v) is 15.5. The van der Waals surface area contributed by atoms with Crippen molar-refractivity contribution in [2.45, 2.75) is 108 Å². The van der Waals surface area contributed by atoms with Crippen molar-refractivity contribution in [2.75, 3.05) is 5.75 Å². The summed E-state index contributed by atoms with van der Waals surface area (Å²) in [4.78, 5) is 102. The Morgan fingerprint density at radius 3 is 1.68 bits per heavy atom. The first-order chi connectivity index (χ1) is 27.8. The molecule has 0 radical (unpaired) electrons. The van der Waals surface area contributed by atoms with E-state index in [0.717, 1.165) is 5.56 Å². The van der Waals surface area contributed by atoms with Gasteiger partial charge in [0.1, 0.15) is 36.0 Å². The van der Waals surface area contributed by atoms with E-state index >= 15 is 0 Å². The summed E-state index contributed by atoms with van der Waals surface area (Å²) >= 11 is 1.28. The van der Waals surface area contributed by atoms with Gasteiger partial charge in [0.25, 0.3) is 0 Å². The predicted molar refractivity (Wildman–Crippen MR) is 218 cm³/mol. The fraction of sp³-hybridized carbons (Fsp3) is 0.500. The van der Waals surface area contributed by atoms with Crippen molar-refractivity contribution in [3.63, 3.8) is 0 Å². The van der Waals surface area contributed by atoms with Crippen molar-refractivity contribution >= 4 is 59.2 Å². The number of rotatable bonds is 26. The molecule has 2 aromatic rings. The molecule has 11 N–H and O–H groups in total. The zero-order valence-corrected chi connectivity index (χ0v) is 34.3. The Morgan fingerprint density at radius 1 is 0.627 bits per heavy atom. The number of benzene rings is 2. The number of phenols is 1. The number of hydrogen-bond donors (Lipinski definition) is 10. The Labute approximate surface area is 346 Å². The number of carboxylic acids is 3. The zero-order chi connectivity index (χ0) is 44.2. The standard InChI is InChI=1S/C40H56N6O12S/c1-5-23(4)34(46-35(52)27(41)19-24-11-13-26(47)14-12-24)39(56)44-30(21-59-20-25-9-7-6-8-10-25)37(54)42-28(15-17-31(48)49)36(53)45-33(22(2)3)38(55)43-29(40(57)58)16-18-32(50)51/h6-14,22-23,27-30,33-34,47H,5,15-21,41H2,1-4H3,(H,42,54)(H,43,55)(H,44,56)(H,45,53)(H,46,52)(H,48,49)(H,50,51)(H,57,58)/t23-,27-,28-,29-,30-,33-,34-/m0/s1. The number of carboxylic acid groups (broad SMARTS) is 3. The monoisotopic (exact) mass is 844 g/mol. The van der Waals surface area contributed by atoms with E-state index < -0.39 is 121 Å². The highest BCUT2D eigenvalue weighted by Crippen LogP contribution is 2.16. The fourth-order valence-electron chi connectivity index (χ4n) is 5.64. The number of carbonyl (C=O) groups is 8. The van der Waals surface area contributed by atoms with Gasteiger partial charge in [-0.05, 0) is 54.4 Å². The molecule has 0 spiro atoms. The molecule has 5 amide bonds. The lowest BCUT2D eigenvalue weighted by Gasteiger charge is -2.29. The van der Waals surface area contributed by atoms with Gasteiger partial charge in [-0.1, -0.05) is 76.6 Å². The average molecular weight is 845 g/mol. The van der Waals surface area contributed by atoms with Crippen LogP contribution in [0.2, 0.25) is 0 Å². The van der Waals surface area contributed by atoms with E-state index in [2.05, 4.69) is 26.6 Å². The number of thioether (sulfide) groups is 1. The topological polar surface area (TPSA) is 304 Å². The summed E-state index contributed by atoms with van der Waals surface area (Å²) in [7, 11) is 0. The second-order valence-electron chi connectivity index (χ2n) is 14.5. The largest absolute Gasteiger partial charge is 0.508 e. The molecular weight excluding hydrogens is 789 g/mol. The molecule has 7 atom stereocenters. The van der Waals surface area contributed by atoms with Gasteiger partial charge in [0.2, 0.25) is 29.5 Å². The molecule has 0 heterocycles. The minimum Gasteiger partial charge on any atom is -0.508 e. The first kappa shape index (κ1) is 49.5. The number of aromatic hydroxyl groups is 1. The summed E-state index contributed by atoms with van der Waals surface area (Å²) in [6, 6.07) is 7.34. The van der Waals surface area contributed by atoms with Gasteiger partial charge in [-0.3, -0.25) is 33.6 Å². The van der Waals surface area contributed by atoms with Crippen LogP contribution in [0.25, 0.3) is 0 Å². The van der Waals surface area contributed by atoms with Crippen molar-refractivity contribution in [1.82, 2.24) is 26.6 Å². The number of carbonyl (C=O) groups excluding carboxylic acids is 5. The Kier molecular flexibility index (Phi) is 20.9. The molecule has 0 saturated carbocycles. The minimum atomic E-state index is -1.59. The van der Waals surface area contributed by atoms with Gasteiger partial charge in [0, 0.05) is 24.3 Å². The zero-order valence-electron chi connectivity index (χ0n) is 33.5. The smallest absolute Gasteiger partial charge is 0.326 e. The molecule has 2 aromatic carbocycles. The highest BCUT2D eigenvalue weighted by atomic mass is 32.2. The summed E-state index contributed by atoms with van der Waals surface area (Å²) in [6.45, 7) is 6.63. The lowest BCUT2D eigenvalue weighted by Crippen LogP contribution is -2.61. The van der Waals surface area contributed by atoms with E-state index in [-0.39, 0.29) is 17.9 Å². The van der Waals surface area contributed by atoms with Crippen LogP contribution in [0.5, 0.6) is 5.75 Å². The van der Waals surface area contributed by atoms with Crippen molar-refractivity contribution in [3.05, 3.63) is 65.7 Å². The van der Waals surface area contributed by atoms with E-state index in [9.17, 15) is 53.7 Å². The average Bonchev–Trinajstić information content (AvgIpc) is 3.18. The van der Waals surface area contributed by atoms with Crippen molar-refractivity contribution in [1.29, 1.82) is 0 Å². The molecule has 0 aliphatic rings. The highest BCUT2D eigenvalue weighted by molar-refractivity contribution is 7.98. The van der Waals surface area contributed by atoms with Gasteiger partial charge in [-0.15, -0.1) is 0 Å².